The highest BCUT2D eigenvalue weighted by atomic mass is 16.6. The Morgan fingerprint density at radius 2 is 0.563 bits per heavy atom. The Balaban J connectivity index is 4.15. The Morgan fingerprint density at radius 3 is 0.930 bits per heavy atom. The van der Waals surface area contributed by atoms with Gasteiger partial charge in [0.1, 0.15) is 13.2 Å². The molecule has 0 bridgehead atoms. The van der Waals surface area contributed by atoms with E-state index in [1.807, 2.05) is 0 Å². The van der Waals surface area contributed by atoms with Crippen LogP contribution < -0.4 is 0 Å². The van der Waals surface area contributed by atoms with Crippen molar-refractivity contribution in [3.05, 3.63) is 72.9 Å². The molecule has 0 heterocycles. The second-order valence-corrected chi connectivity index (χ2v) is 20.2. The van der Waals surface area contributed by atoms with Crippen LogP contribution in [0.25, 0.3) is 0 Å². The first kappa shape index (κ1) is 67.8. The largest absolute Gasteiger partial charge is 0.462 e. The van der Waals surface area contributed by atoms with E-state index in [4.69, 9.17) is 14.2 Å². The van der Waals surface area contributed by atoms with Gasteiger partial charge in [-0.3, -0.25) is 14.4 Å². The standard InChI is InChI=1S/C65H114O6/c1-4-7-10-13-16-19-22-24-25-26-27-28-29-30-31-32-33-34-35-36-37-38-39-41-43-46-49-52-55-58-64(67)70-61-62(60-69-63(66)57-54-51-48-45-42-21-18-15-12-9-6-3)71-65(68)59-56-53-50-47-44-40-23-20-17-14-11-8-5-2/h8,11,15,17-18,20,22,24,26-27,40,44,62H,4-7,9-10,12-14,16,19,21,23,25,28-39,41-43,45-61H2,1-3H3/b11-8-,18-15-,20-17-,24-22-,27-26-,44-40-. The van der Waals surface area contributed by atoms with Gasteiger partial charge in [0.15, 0.2) is 6.10 Å². The first-order valence-electron chi connectivity index (χ1n) is 30.4. The molecule has 1 atom stereocenters. The maximum absolute atomic E-state index is 12.8. The Hall–Kier alpha value is -3.15. The fourth-order valence-corrected chi connectivity index (χ4v) is 8.59. The van der Waals surface area contributed by atoms with Crippen LogP contribution >= 0.6 is 0 Å². The summed E-state index contributed by atoms with van der Waals surface area (Å²) in [5.41, 5.74) is 0. The molecule has 0 spiro atoms. The molecule has 410 valence electrons. The van der Waals surface area contributed by atoms with Crippen molar-refractivity contribution in [3.8, 4) is 0 Å². The summed E-state index contributed by atoms with van der Waals surface area (Å²) in [6.07, 6.45) is 76.4. The summed E-state index contributed by atoms with van der Waals surface area (Å²) in [5.74, 6) is -0.920. The van der Waals surface area contributed by atoms with Crippen molar-refractivity contribution in [1.29, 1.82) is 0 Å². The molecule has 0 aliphatic carbocycles. The van der Waals surface area contributed by atoms with Crippen molar-refractivity contribution in [2.75, 3.05) is 13.2 Å². The summed E-state index contributed by atoms with van der Waals surface area (Å²) in [6, 6.07) is 0. The Morgan fingerprint density at radius 1 is 0.296 bits per heavy atom. The molecule has 0 aromatic heterocycles. The molecule has 0 amide bonds. The van der Waals surface area contributed by atoms with Crippen molar-refractivity contribution in [1.82, 2.24) is 0 Å². The van der Waals surface area contributed by atoms with E-state index in [9.17, 15) is 14.4 Å². The van der Waals surface area contributed by atoms with E-state index in [0.29, 0.717) is 19.3 Å². The predicted molar refractivity (Wildman–Crippen MR) is 307 cm³/mol. The summed E-state index contributed by atoms with van der Waals surface area (Å²) in [5, 5.41) is 0. The van der Waals surface area contributed by atoms with Crippen LogP contribution in [0.3, 0.4) is 0 Å². The molecule has 0 saturated heterocycles. The molecule has 6 heteroatoms. The number of allylic oxidation sites excluding steroid dienone is 12. The molecule has 0 N–H and O–H groups in total. The van der Waals surface area contributed by atoms with Gasteiger partial charge in [-0.15, -0.1) is 0 Å². The van der Waals surface area contributed by atoms with E-state index in [0.717, 1.165) is 96.3 Å². The van der Waals surface area contributed by atoms with Crippen LogP contribution in [0.4, 0.5) is 0 Å². The minimum absolute atomic E-state index is 0.0881. The third-order valence-electron chi connectivity index (χ3n) is 13.2. The molecule has 0 radical (unpaired) electrons. The fourth-order valence-electron chi connectivity index (χ4n) is 8.59. The molecule has 0 aromatic carbocycles. The molecule has 0 fully saturated rings. The second kappa shape index (κ2) is 59.4. The first-order valence-corrected chi connectivity index (χ1v) is 30.4. The zero-order chi connectivity index (χ0) is 51.4. The molecular formula is C65H114O6. The Kier molecular flexibility index (Phi) is 56.8. The van der Waals surface area contributed by atoms with E-state index < -0.39 is 6.10 Å². The Labute approximate surface area is 440 Å². The van der Waals surface area contributed by atoms with Crippen LogP contribution in [0, 0.1) is 0 Å². The highest BCUT2D eigenvalue weighted by Gasteiger charge is 2.19. The molecule has 6 nitrogen and oxygen atoms in total. The summed E-state index contributed by atoms with van der Waals surface area (Å²) in [7, 11) is 0. The van der Waals surface area contributed by atoms with Crippen LogP contribution in [0.15, 0.2) is 72.9 Å². The van der Waals surface area contributed by atoms with Gasteiger partial charge in [0.2, 0.25) is 0 Å². The topological polar surface area (TPSA) is 78.9 Å². The average molecular weight is 992 g/mol. The lowest BCUT2D eigenvalue weighted by molar-refractivity contribution is -0.167. The quantitative estimate of drug-likeness (QED) is 0.0261. The van der Waals surface area contributed by atoms with Gasteiger partial charge in [-0.2, -0.15) is 0 Å². The van der Waals surface area contributed by atoms with Crippen molar-refractivity contribution in [3.63, 3.8) is 0 Å². The maximum Gasteiger partial charge on any atom is 0.306 e. The molecule has 1 unspecified atom stereocenters. The van der Waals surface area contributed by atoms with Crippen molar-refractivity contribution in [2.24, 2.45) is 0 Å². The predicted octanol–water partition coefficient (Wildman–Crippen LogP) is 20.5. The second-order valence-electron chi connectivity index (χ2n) is 20.2. The minimum atomic E-state index is -0.792. The van der Waals surface area contributed by atoms with Crippen molar-refractivity contribution < 1.29 is 28.6 Å². The highest BCUT2D eigenvalue weighted by Crippen LogP contribution is 2.16. The van der Waals surface area contributed by atoms with Gasteiger partial charge < -0.3 is 14.2 Å². The zero-order valence-corrected chi connectivity index (χ0v) is 47.0. The monoisotopic (exact) mass is 991 g/mol. The number of hydrogen-bond donors (Lipinski definition) is 0. The lowest BCUT2D eigenvalue weighted by Crippen LogP contribution is -2.30. The molecule has 0 aromatic rings. The summed E-state index contributed by atoms with van der Waals surface area (Å²) < 4.78 is 16.8. The van der Waals surface area contributed by atoms with Gasteiger partial charge in [0.05, 0.1) is 0 Å². The number of rotatable bonds is 55. The average Bonchev–Trinajstić information content (AvgIpc) is 3.37. The number of carbonyl (C=O) groups is 3. The van der Waals surface area contributed by atoms with E-state index in [1.165, 1.54) is 167 Å². The van der Waals surface area contributed by atoms with Crippen molar-refractivity contribution >= 4 is 17.9 Å². The van der Waals surface area contributed by atoms with Gasteiger partial charge in [-0.05, 0) is 103 Å². The molecular weight excluding hydrogens is 877 g/mol. The molecule has 0 aliphatic rings. The normalized spacial score (nSPS) is 12.5. The molecule has 71 heavy (non-hydrogen) atoms. The summed E-state index contributed by atoms with van der Waals surface area (Å²) in [4.78, 5) is 38.1. The number of carbonyl (C=O) groups excluding carboxylic acids is 3. The van der Waals surface area contributed by atoms with Gasteiger partial charge in [-0.25, -0.2) is 0 Å². The van der Waals surface area contributed by atoms with E-state index >= 15 is 0 Å². The third kappa shape index (κ3) is 57.6. The van der Waals surface area contributed by atoms with Crippen LogP contribution in [0.1, 0.15) is 303 Å². The minimum Gasteiger partial charge on any atom is -0.462 e. The lowest BCUT2D eigenvalue weighted by atomic mass is 10.0. The third-order valence-corrected chi connectivity index (χ3v) is 13.2. The van der Waals surface area contributed by atoms with E-state index in [-0.39, 0.29) is 31.1 Å². The number of esters is 3. The van der Waals surface area contributed by atoms with Gasteiger partial charge >= 0.3 is 17.9 Å². The number of unbranched alkanes of at least 4 members (excludes halogenated alkanes) is 32. The first-order chi connectivity index (χ1) is 35.0. The fraction of sp³-hybridized carbons (Fsp3) is 0.769. The van der Waals surface area contributed by atoms with Gasteiger partial charge in [0, 0.05) is 19.3 Å². The van der Waals surface area contributed by atoms with Crippen LogP contribution in [-0.4, -0.2) is 37.2 Å². The zero-order valence-electron chi connectivity index (χ0n) is 47.0. The number of ether oxygens (including phenoxy) is 3. The summed E-state index contributed by atoms with van der Waals surface area (Å²) >= 11 is 0. The maximum atomic E-state index is 12.8. The van der Waals surface area contributed by atoms with Crippen LogP contribution in [0.2, 0.25) is 0 Å². The highest BCUT2D eigenvalue weighted by molar-refractivity contribution is 5.71. The summed E-state index contributed by atoms with van der Waals surface area (Å²) in [6.45, 7) is 6.46. The Bertz CT molecular complexity index is 1320. The smallest absolute Gasteiger partial charge is 0.306 e. The van der Waals surface area contributed by atoms with Crippen LogP contribution in [-0.2, 0) is 28.6 Å². The van der Waals surface area contributed by atoms with E-state index in [1.54, 1.807) is 0 Å². The van der Waals surface area contributed by atoms with Gasteiger partial charge in [0.25, 0.3) is 0 Å². The SMILES string of the molecule is CC/C=C\C/C=C\C/C=C\CCCCCC(=O)OC(COC(=O)CCCCCCC/C=C\CCCC)COC(=O)CCCCCCCCCCCCCCCCCCC/C=C\C/C=C\CCCCCCC. The molecule has 0 rings (SSSR count). The van der Waals surface area contributed by atoms with Crippen LogP contribution in [0.5, 0.6) is 0 Å². The lowest BCUT2D eigenvalue weighted by Gasteiger charge is -2.18. The van der Waals surface area contributed by atoms with Crippen molar-refractivity contribution in [2.45, 2.75) is 309 Å². The molecule has 0 saturated carbocycles. The van der Waals surface area contributed by atoms with Gasteiger partial charge in [-0.1, -0.05) is 254 Å². The van der Waals surface area contributed by atoms with E-state index in [2.05, 4.69) is 93.7 Å². The molecule has 0 aliphatic heterocycles. The number of hydrogen-bond acceptors (Lipinski definition) is 6.